The van der Waals surface area contributed by atoms with Crippen LogP contribution in [-0.2, 0) is 11.3 Å². The van der Waals surface area contributed by atoms with Gasteiger partial charge in [-0.1, -0.05) is 59.2 Å². The van der Waals surface area contributed by atoms with Crippen LogP contribution in [-0.4, -0.2) is 26.4 Å². The molecule has 0 bridgehead atoms. The molecule has 4 aromatic rings. The fraction of sp³-hybridized carbons (Fsp3) is 0.0870. The molecule has 1 amide bonds. The number of nitrogens with one attached hydrogen (secondary N) is 2. The first-order valence-electron chi connectivity index (χ1n) is 9.76. The lowest BCUT2D eigenvalue weighted by Gasteiger charge is -2.11. The summed E-state index contributed by atoms with van der Waals surface area (Å²) < 4.78 is 1.94. The van der Waals surface area contributed by atoms with Crippen molar-refractivity contribution in [1.82, 2.24) is 14.8 Å². The number of hydrogen-bond acceptors (Lipinski definition) is 5. The zero-order valence-corrected chi connectivity index (χ0v) is 19.2. The van der Waals surface area contributed by atoms with Crippen molar-refractivity contribution < 1.29 is 4.79 Å². The second kappa shape index (κ2) is 10.5. The maximum Gasteiger partial charge on any atom is 0.234 e. The van der Waals surface area contributed by atoms with E-state index in [9.17, 15) is 4.79 Å². The van der Waals surface area contributed by atoms with Gasteiger partial charge < -0.3 is 10.6 Å². The topological polar surface area (TPSA) is 71.8 Å². The third-order valence-corrected chi connectivity index (χ3v) is 5.87. The summed E-state index contributed by atoms with van der Waals surface area (Å²) in [5, 5.41) is 16.8. The number of thioether (sulfide) groups is 1. The smallest absolute Gasteiger partial charge is 0.234 e. The molecule has 0 fully saturated rings. The summed E-state index contributed by atoms with van der Waals surface area (Å²) in [5.41, 5.74) is 2.49. The van der Waals surface area contributed by atoms with Gasteiger partial charge in [-0.25, -0.2) is 0 Å². The highest BCUT2D eigenvalue weighted by Gasteiger charge is 2.16. The second-order valence-electron chi connectivity index (χ2n) is 6.78. The summed E-state index contributed by atoms with van der Waals surface area (Å²) >= 11 is 13.3. The number of para-hydroxylation sites is 1. The highest BCUT2D eigenvalue weighted by atomic mass is 35.5. The van der Waals surface area contributed by atoms with Crippen molar-refractivity contribution in [3.63, 3.8) is 0 Å². The van der Waals surface area contributed by atoms with E-state index in [0.717, 1.165) is 17.2 Å². The predicted molar refractivity (Wildman–Crippen MR) is 131 cm³/mol. The van der Waals surface area contributed by atoms with Gasteiger partial charge in [-0.05, 0) is 54.6 Å². The average molecular weight is 484 g/mol. The van der Waals surface area contributed by atoms with Crippen molar-refractivity contribution in [2.45, 2.75) is 11.7 Å². The van der Waals surface area contributed by atoms with Gasteiger partial charge >= 0.3 is 0 Å². The Morgan fingerprint density at radius 2 is 1.66 bits per heavy atom. The van der Waals surface area contributed by atoms with E-state index in [2.05, 4.69) is 20.8 Å². The van der Waals surface area contributed by atoms with Crippen LogP contribution in [0.15, 0.2) is 84.0 Å². The Bertz CT molecular complexity index is 1200. The van der Waals surface area contributed by atoms with Crippen LogP contribution >= 0.6 is 35.0 Å². The highest BCUT2D eigenvalue weighted by Crippen LogP contribution is 2.24. The van der Waals surface area contributed by atoms with Crippen LogP contribution in [0.1, 0.15) is 5.82 Å². The van der Waals surface area contributed by atoms with Crippen molar-refractivity contribution >= 4 is 52.2 Å². The molecule has 9 heteroatoms. The summed E-state index contributed by atoms with van der Waals surface area (Å²) in [5.74, 6) is 0.769. The van der Waals surface area contributed by atoms with E-state index in [1.54, 1.807) is 24.3 Å². The molecule has 1 heterocycles. The molecule has 0 atom stereocenters. The van der Waals surface area contributed by atoms with Crippen molar-refractivity contribution in [3.05, 3.63) is 94.7 Å². The zero-order chi connectivity index (χ0) is 22.3. The summed E-state index contributed by atoms with van der Waals surface area (Å²) in [7, 11) is 0. The molecule has 6 nitrogen and oxygen atoms in total. The van der Waals surface area contributed by atoms with Gasteiger partial charge in [-0.2, -0.15) is 0 Å². The van der Waals surface area contributed by atoms with Crippen LogP contribution in [0.2, 0.25) is 10.0 Å². The molecule has 4 rings (SSSR count). The van der Waals surface area contributed by atoms with Crippen molar-refractivity contribution in [1.29, 1.82) is 0 Å². The van der Waals surface area contributed by atoms with Crippen LogP contribution in [0.25, 0.3) is 5.69 Å². The summed E-state index contributed by atoms with van der Waals surface area (Å²) in [6.07, 6.45) is 0. The molecule has 0 radical (unpaired) electrons. The SMILES string of the molecule is O=C(CSc1nnc(CNc2cccc(Cl)c2)n1-c1ccccc1)Nc1ccc(Cl)cc1. The minimum absolute atomic E-state index is 0.140. The number of anilines is 2. The van der Waals surface area contributed by atoms with E-state index in [0.29, 0.717) is 27.4 Å². The Morgan fingerprint density at radius 1 is 0.875 bits per heavy atom. The molecule has 0 aliphatic carbocycles. The monoisotopic (exact) mass is 483 g/mol. The molecular weight excluding hydrogens is 465 g/mol. The van der Waals surface area contributed by atoms with Gasteiger partial charge in [0, 0.05) is 27.1 Å². The number of carbonyl (C=O) groups excluding carboxylic acids is 1. The van der Waals surface area contributed by atoms with Crippen LogP contribution < -0.4 is 10.6 Å². The zero-order valence-electron chi connectivity index (χ0n) is 16.8. The van der Waals surface area contributed by atoms with Crippen molar-refractivity contribution in [3.8, 4) is 5.69 Å². The number of nitrogens with zero attached hydrogens (tertiary/aromatic N) is 3. The van der Waals surface area contributed by atoms with E-state index in [1.165, 1.54) is 11.8 Å². The standard InChI is InChI=1S/C23H19Cl2N5OS/c24-16-9-11-18(12-10-16)27-22(31)15-32-23-29-28-21(30(23)20-7-2-1-3-8-20)14-26-19-6-4-5-17(25)13-19/h1-13,26H,14-15H2,(H,27,31). The fourth-order valence-corrected chi connectivity index (χ4v) is 4.07. The minimum atomic E-state index is -0.140. The van der Waals surface area contributed by atoms with Gasteiger partial charge in [0.2, 0.25) is 5.91 Å². The summed E-state index contributed by atoms with van der Waals surface area (Å²) in [4.78, 5) is 12.4. The first-order valence-corrected chi connectivity index (χ1v) is 11.5. The second-order valence-corrected chi connectivity index (χ2v) is 8.59. The van der Waals surface area contributed by atoms with Crippen LogP contribution in [0.5, 0.6) is 0 Å². The quantitative estimate of drug-likeness (QED) is 0.304. The maximum absolute atomic E-state index is 12.4. The Kier molecular flexibility index (Phi) is 7.32. The lowest BCUT2D eigenvalue weighted by Crippen LogP contribution is -2.14. The Labute approximate surface area is 200 Å². The molecule has 0 aliphatic rings. The van der Waals surface area contributed by atoms with E-state index >= 15 is 0 Å². The summed E-state index contributed by atoms with van der Waals surface area (Å²) in [6.45, 7) is 0.444. The maximum atomic E-state index is 12.4. The van der Waals surface area contributed by atoms with Crippen LogP contribution in [0, 0.1) is 0 Å². The number of halogens is 2. The van der Waals surface area contributed by atoms with Crippen LogP contribution in [0.3, 0.4) is 0 Å². The number of aromatic nitrogens is 3. The number of rotatable bonds is 8. The Hall–Kier alpha value is -3.00. The predicted octanol–water partition coefficient (Wildman–Crippen LogP) is 5.92. The number of hydrogen-bond donors (Lipinski definition) is 2. The van der Waals surface area contributed by atoms with Crippen molar-refractivity contribution in [2.75, 3.05) is 16.4 Å². The molecule has 0 unspecified atom stereocenters. The molecule has 2 N–H and O–H groups in total. The largest absolute Gasteiger partial charge is 0.378 e. The van der Waals surface area contributed by atoms with Gasteiger partial charge in [0.25, 0.3) is 0 Å². The molecule has 1 aromatic heterocycles. The van der Waals surface area contributed by atoms with E-state index in [-0.39, 0.29) is 11.7 Å². The van der Waals surface area contributed by atoms with E-state index < -0.39 is 0 Å². The first kappa shape index (κ1) is 22.2. The lowest BCUT2D eigenvalue weighted by molar-refractivity contribution is -0.113. The van der Waals surface area contributed by atoms with Crippen molar-refractivity contribution in [2.24, 2.45) is 0 Å². The number of amides is 1. The molecule has 3 aromatic carbocycles. The lowest BCUT2D eigenvalue weighted by atomic mass is 10.3. The molecule has 32 heavy (non-hydrogen) atoms. The molecule has 0 aliphatic heterocycles. The third kappa shape index (κ3) is 5.82. The number of carbonyl (C=O) groups is 1. The van der Waals surface area contributed by atoms with Gasteiger partial charge in [-0.15, -0.1) is 10.2 Å². The third-order valence-electron chi connectivity index (χ3n) is 4.45. The normalized spacial score (nSPS) is 10.7. The van der Waals surface area contributed by atoms with Gasteiger partial charge in [-0.3, -0.25) is 9.36 Å². The Morgan fingerprint density at radius 3 is 2.41 bits per heavy atom. The van der Waals surface area contributed by atoms with Gasteiger partial charge in [0.1, 0.15) is 0 Å². The van der Waals surface area contributed by atoms with Gasteiger partial charge in [0.05, 0.1) is 12.3 Å². The fourth-order valence-electron chi connectivity index (χ4n) is 2.98. The molecule has 0 saturated heterocycles. The van der Waals surface area contributed by atoms with E-state index in [4.69, 9.17) is 23.2 Å². The highest BCUT2D eigenvalue weighted by molar-refractivity contribution is 7.99. The molecular formula is C23H19Cl2N5OS. The minimum Gasteiger partial charge on any atom is -0.378 e. The van der Waals surface area contributed by atoms with Crippen LogP contribution in [0.4, 0.5) is 11.4 Å². The average Bonchev–Trinajstić information content (AvgIpc) is 3.21. The van der Waals surface area contributed by atoms with Gasteiger partial charge in [0.15, 0.2) is 11.0 Å². The first-order chi connectivity index (χ1) is 15.6. The number of benzene rings is 3. The molecule has 162 valence electrons. The Balaban J connectivity index is 1.48. The molecule has 0 spiro atoms. The summed E-state index contributed by atoms with van der Waals surface area (Å²) in [6, 6.07) is 24.3. The molecule has 0 saturated carbocycles. The van der Waals surface area contributed by atoms with E-state index in [1.807, 2.05) is 59.2 Å².